The fourth-order valence-corrected chi connectivity index (χ4v) is 3.26. The molecule has 5 heteroatoms. The number of nitrogens with zero attached hydrogens (tertiary/aromatic N) is 2. The van der Waals surface area contributed by atoms with Crippen LogP contribution in [0.1, 0.15) is 44.8 Å². The van der Waals surface area contributed by atoms with Crippen LogP contribution in [0.5, 0.6) is 0 Å². The van der Waals surface area contributed by atoms with E-state index in [0.717, 1.165) is 24.1 Å². The Kier molecular flexibility index (Phi) is 5.38. The maximum atomic E-state index is 13.2. The zero-order chi connectivity index (χ0) is 20.2. The quantitative estimate of drug-likeness (QED) is 0.682. The summed E-state index contributed by atoms with van der Waals surface area (Å²) in [7, 11) is 0. The van der Waals surface area contributed by atoms with Gasteiger partial charge in [-0.2, -0.15) is 0 Å². The summed E-state index contributed by atoms with van der Waals surface area (Å²) in [6.07, 6.45) is 3.78. The van der Waals surface area contributed by atoms with E-state index in [1.165, 1.54) is 0 Å². The van der Waals surface area contributed by atoms with Crippen molar-refractivity contribution in [2.24, 2.45) is 0 Å². The van der Waals surface area contributed by atoms with Crippen molar-refractivity contribution in [1.29, 1.82) is 0 Å². The smallest absolute Gasteiger partial charge is 0.255 e. The largest absolute Gasteiger partial charge is 0.330 e. The number of carbonyl (C=O) groups is 2. The van der Waals surface area contributed by atoms with E-state index in [1.54, 1.807) is 24.4 Å². The van der Waals surface area contributed by atoms with Gasteiger partial charge in [0.15, 0.2) is 0 Å². The molecule has 0 saturated heterocycles. The summed E-state index contributed by atoms with van der Waals surface area (Å²) >= 11 is 0. The Balaban J connectivity index is 1.55. The van der Waals surface area contributed by atoms with Crippen LogP contribution in [0.4, 0.5) is 5.69 Å². The molecule has 0 bridgehead atoms. The lowest BCUT2D eigenvalue weighted by atomic mass is 10.1. The van der Waals surface area contributed by atoms with E-state index >= 15 is 0 Å². The molecule has 0 atom stereocenters. The number of carbonyl (C=O) groups excluding carboxylic acids is 2. The third-order valence-electron chi connectivity index (χ3n) is 5.08. The molecule has 0 aliphatic heterocycles. The number of hydrogen-bond donors (Lipinski definition) is 1. The third kappa shape index (κ3) is 4.51. The number of amides is 2. The van der Waals surface area contributed by atoms with E-state index < -0.39 is 0 Å². The number of benzene rings is 2. The van der Waals surface area contributed by atoms with Crippen molar-refractivity contribution in [3.05, 3.63) is 95.3 Å². The van der Waals surface area contributed by atoms with Gasteiger partial charge < -0.3 is 10.2 Å². The van der Waals surface area contributed by atoms with Crippen LogP contribution in [0.15, 0.2) is 72.9 Å². The van der Waals surface area contributed by atoms with Crippen LogP contribution in [0.25, 0.3) is 0 Å². The summed E-state index contributed by atoms with van der Waals surface area (Å²) in [5.41, 5.74) is 3.59. The van der Waals surface area contributed by atoms with Gasteiger partial charge in [-0.1, -0.05) is 30.3 Å². The molecular weight excluding hydrogens is 362 g/mol. The minimum absolute atomic E-state index is 0.0339. The summed E-state index contributed by atoms with van der Waals surface area (Å²) in [6.45, 7) is 2.41. The molecule has 0 spiro atoms. The Morgan fingerprint density at radius 2 is 1.76 bits per heavy atom. The summed E-state index contributed by atoms with van der Waals surface area (Å²) in [4.78, 5) is 32.0. The van der Waals surface area contributed by atoms with Gasteiger partial charge >= 0.3 is 0 Å². The first-order valence-electron chi connectivity index (χ1n) is 9.80. The molecule has 1 aromatic heterocycles. The van der Waals surface area contributed by atoms with Crippen molar-refractivity contribution in [2.45, 2.75) is 32.4 Å². The van der Waals surface area contributed by atoms with E-state index in [0.29, 0.717) is 23.4 Å². The molecular formula is C24H23N3O2. The highest BCUT2D eigenvalue weighted by molar-refractivity contribution is 6.05. The molecule has 0 radical (unpaired) electrons. The van der Waals surface area contributed by atoms with Gasteiger partial charge in [-0.15, -0.1) is 0 Å². The van der Waals surface area contributed by atoms with Gasteiger partial charge in [-0.3, -0.25) is 14.6 Å². The van der Waals surface area contributed by atoms with Crippen LogP contribution >= 0.6 is 0 Å². The highest BCUT2D eigenvalue weighted by Crippen LogP contribution is 2.30. The van der Waals surface area contributed by atoms with Crippen molar-refractivity contribution in [2.75, 3.05) is 5.32 Å². The zero-order valence-corrected chi connectivity index (χ0v) is 16.3. The lowest BCUT2D eigenvalue weighted by Gasteiger charge is -2.23. The van der Waals surface area contributed by atoms with Crippen LogP contribution in [-0.2, 0) is 6.54 Å². The average molecular weight is 385 g/mol. The van der Waals surface area contributed by atoms with Crippen LogP contribution in [0, 0.1) is 6.92 Å². The number of pyridine rings is 1. The molecule has 1 heterocycles. The van der Waals surface area contributed by atoms with Crippen LogP contribution in [0.2, 0.25) is 0 Å². The van der Waals surface area contributed by atoms with E-state index in [2.05, 4.69) is 10.3 Å². The molecule has 29 heavy (non-hydrogen) atoms. The summed E-state index contributed by atoms with van der Waals surface area (Å²) in [5, 5.41) is 2.93. The molecule has 3 aromatic rings. The van der Waals surface area contributed by atoms with E-state index in [9.17, 15) is 9.59 Å². The van der Waals surface area contributed by atoms with E-state index in [1.807, 2.05) is 60.4 Å². The number of hydrogen-bond acceptors (Lipinski definition) is 3. The first-order valence-corrected chi connectivity index (χ1v) is 9.80. The molecule has 4 rings (SSSR count). The standard InChI is InChI=1S/C24H23N3O2/c1-17-10-11-19(15-22(17)26-23(28)18-7-3-2-4-8-18)24(29)27(21-12-13-21)16-20-9-5-6-14-25-20/h2-11,14-15,21H,12-13,16H2,1H3,(H,26,28). The van der Waals surface area contributed by atoms with E-state index in [-0.39, 0.29) is 17.9 Å². The monoisotopic (exact) mass is 385 g/mol. The fraction of sp³-hybridized carbons (Fsp3) is 0.208. The maximum absolute atomic E-state index is 13.2. The number of nitrogens with one attached hydrogen (secondary N) is 1. The molecule has 0 unspecified atom stereocenters. The predicted molar refractivity (Wildman–Crippen MR) is 113 cm³/mol. The van der Waals surface area contributed by atoms with Gasteiger partial charge in [0.2, 0.25) is 0 Å². The fourth-order valence-electron chi connectivity index (χ4n) is 3.26. The summed E-state index contributed by atoms with van der Waals surface area (Å²) in [5.74, 6) is -0.223. The number of aromatic nitrogens is 1. The van der Waals surface area contributed by atoms with Gasteiger partial charge in [-0.05, 0) is 61.7 Å². The molecule has 2 aromatic carbocycles. The Bertz CT molecular complexity index is 1010. The predicted octanol–water partition coefficient (Wildman–Crippen LogP) is 4.45. The van der Waals surface area contributed by atoms with Gasteiger partial charge in [0, 0.05) is 29.1 Å². The minimum Gasteiger partial charge on any atom is -0.330 e. The number of rotatable bonds is 6. The average Bonchev–Trinajstić information content (AvgIpc) is 3.60. The zero-order valence-electron chi connectivity index (χ0n) is 16.3. The minimum atomic E-state index is -0.189. The van der Waals surface area contributed by atoms with Gasteiger partial charge in [-0.25, -0.2) is 0 Å². The molecule has 1 aliphatic rings. The molecule has 1 saturated carbocycles. The SMILES string of the molecule is Cc1ccc(C(=O)N(Cc2ccccn2)C2CC2)cc1NC(=O)c1ccccc1. The Morgan fingerprint density at radius 3 is 2.45 bits per heavy atom. The molecule has 146 valence electrons. The van der Waals surface area contributed by atoms with Crippen LogP contribution in [-0.4, -0.2) is 27.7 Å². The lowest BCUT2D eigenvalue weighted by molar-refractivity contribution is 0.0727. The van der Waals surface area contributed by atoms with Gasteiger partial charge in [0.05, 0.1) is 12.2 Å². The molecule has 1 N–H and O–H groups in total. The van der Waals surface area contributed by atoms with Gasteiger partial charge in [0.1, 0.15) is 0 Å². The lowest BCUT2D eigenvalue weighted by Crippen LogP contribution is -2.33. The summed E-state index contributed by atoms with van der Waals surface area (Å²) in [6, 6.07) is 20.5. The maximum Gasteiger partial charge on any atom is 0.255 e. The second-order valence-electron chi connectivity index (χ2n) is 7.34. The highest BCUT2D eigenvalue weighted by atomic mass is 16.2. The van der Waals surface area contributed by atoms with Crippen molar-refractivity contribution >= 4 is 17.5 Å². The highest BCUT2D eigenvalue weighted by Gasteiger charge is 2.33. The molecule has 5 nitrogen and oxygen atoms in total. The van der Waals surface area contributed by atoms with Crippen molar-refractivity contribution in [3.63, 3.8) is 0 Å². The summed E-state index contributed by atoms with van der Waals surface area (Å²) < 4.78 is 0. The molecule has 2 amide bonds. The Morgan fingerprint density at radius 1 is 1.00 bits per heavy atom. The van der Waals surface area contributed by atoms with E-state index in [4.69, 9.17) is 0 Å². The second-order valence-corrected chi connectivity index (χ2v) is 7.34. The first-order chi connectivity index (χ1) is 14.1. The van der Waals surface area contributed by atoms with Crippen molar-refractivity contribution in [1.82, 2.24) is 9.88 Å². The normalized spacial score (nSPS) is 13.0. The van der Waals surface area contributed by atoms with Crippen LogP contribution < -0.4 is 5.32 Å². The van der Waals surface area contributed by atoms with Crippen molar-refractivity contribution < 1.29 is 9.59 Å². The van der Waals surface area contributed by atoms with Crippen LogP contribution in [0.3, 0.4) is 0 Å². The third-order valence-corrected chi connectivity index (χ3v) is 5.08. The Labute approximate surface area is 170 Å². The molecule has 1 fully saturated rings. The topological polar surface area (TPSA) is 62.3 Å². The van der Waals surface area contributed by atoms with Crippen molar-refractivity contribution in [3.8, 4) is 0 Å². The van der Waals surface area contributed by atoms with Gasteiger partial charge in [0.25, 0.3) is 11.8 Å². The number of aryl methyl sites for hydroxylation is 1. The Hall–Kier alpha value is -3.47. The first kappa shape index (κ1) is 18.9. The molecule has 1 aliphatic carbocycles. The second kappa shape index (κ2) is 8.27. The number of anilines is 1.